The van der Waals surface area contributed by atoms with Crippen LogP contribution < -0.4 is 10.6 Å². The van der Waals surface area contributed by atoms with Crippen LogP contribution in [0.4, 0.5) is 6.01 Å². The summed E-state index contributed by atoms with van der Waals surface area (Å²) in [7, 11) is 0. The molecule has 0 aromatic carbocycles. The number of nitrogens with zero attached hydrogens (tertiary/aromatic N) is 2. The van der Waals surface area contributed by atoms with Crippen molar-refractivity contribution in [2.75, 3.05) is 18.0 Å². The molecule has 0 radical (unpaired) electrons. The number of anilines is 1. The molecule has 0 bridgehead atoms. The summed E-state index contributed by atoms with van der Waals surface area (Å²) in [6.45, 7) is 4.58. The summed E-state index contributed by atoms with van der Waals surface area (Å²) in [6, 6.07) is 0.722. The molecule has 0 aliphatic heterocycles. The molecule has 1 aliphatic carbocycles. The first-order valence-corrected chi connectivity index (χ1v) is 5.23. The highest BCUT2D eigenvalue weighted by Gasteiger charge is 2.25. The van der Waals surface area contributed by atoms with Crippen molar-refractivity contribution < 1.29 is 4.42 Å². The minimum absolute atomic E-state index is 0.449. The summed E-state index contributed by atoms with van der Waals surface area (Å²) < 4.78 is 5.37. The predicted molar refractivity (Wildman–Crippen MR) is 55.0 cm³/mol. The average molecular weight is 195 g/mol. The van der Waals surface area contributed by atoms with Crippen LogP contribution >= 0.6 is 0 Å². The zero-order chi connectivity index (χ0) is 9.97. The average Bonchev–Trinajstić information content (AvgIpc) is 2.90. The Bertz CT molecular complexity index is 293. The maximum atomic E-state index is 5.48. The summed E-state index contributed by atoms with van der Waals surface area (Å²) in [4.78, 5) is 6.49. The molecule has 2 N–H and O–H groups in total. The lowest BCUT2D eigenvalue weighted by atomic mass is 10.4. The number of nitrogens with two attached hydrogens (primary N) is 1. The molecule has 0 spiro atoms. The Morgan fingerprint density at radius 2 is 2.43 bits per heavy atom. The number of oxazole rings is 1. The highest BCUT2D eigenvalue weighted by atomic mass is 16.4. The maximum Gasteiger partial charge on any atom is 0.297 e. The van der Waals surface area contributed by atoms with Crippen LogP contribution in [0, 0.1) is 5.92 Å². The second-order valence-corrected chi connectivity index (χ2v) is 3.81. The summed E-state index contributed by atoms with van der Waals surface area (Å²) in [5.41, 5.74) is 6.31. The van der Waals surface area contributed by atoms with Gasteiger partial charge >= 0.3 is 0 Å². The molecule has 1 aliphatic rings. The van der Waals surface area contributed by atoms with E-state index in [0.717, 1.165) is 30.7 Å². The Morgan fingerprint density at radius 3 is 2.93 bits per heavy atom. The standard InChI is InChI=1S/C10H17N3O/c1-2-13(6-8-3-4-8)10-12-9(5-11)7-14-10/h7-8H,2-6,11H2,1H3. The van der Waals surface area contributed by atoms with Crippen LogP contribution in [-0.4, -0.2) is 18.1 Å². The molecule has 1 saturated carbocycles. The van der Waals surface area contributed by atoms with E-state index in [-0.39, 0.29) is 0 Å². The van der Waals surface area contributed by atoms with Crippen molar-refractivity contribution in [3.8, 4) is 0 Å². The van der Waals surface area contributed by atoms with Gasteiger partial charge in [0.05, 0.1) is 5.69 Å². The molecule has 78 valence electrons. The van der Waals surface area contributed by atoms with E-state index in [4.69, 9.17) is 10.2 Å². The van der Waals surface area contributed by atoms with Crippen molar-refractivity contribution in [1.29, 1.82) is 0 Å². The molecular formula is C10H17N3O. The Morgan fingerprint density at radius 1 is 1.64 bits per heavy atom. The van der Waals surface area contributed by atoms with Gasteiger partial charge in [0.15, 0.2) is 0 Å². The lowest BCUT2D eigenvalue weighted by molar-refractivity contribution is 0.529. The summed E-state index contributed by atoms with van der Waals surface area (Å²) in [5.74, 6) is 0.850. The fourth-order valence-electron chi connectivity index (χ4n) is 1.49. The zero-order valence-corrected chi connectivity index (χ0v) is 8.57. The van der Waals surface area contributed by atoms with Crippen LogP contribution in [-0.2, 0) is 6.54 Å². The summed E-state index contributed by atoms with van der Waals surface area (Å²) >= 11 is 0. The number of aromatic nitrogens is 1. The molecule has 0 amide bonds. The SMILES string of the molecule is CCN(CC1CC1)c1nc(CN)co1. The van der Waals surface area contributed by atoms with Gasteiger partial charge in [0.25, 0.3) is 6.01 Å². The first kappa shape index (κ1) is 9.52. The van der Waals surface area contributed by atoms with Crippen LogP contribution in [0.2, 0.25) is 0 Å². The first-order chi connectivity index (χ1) is 6.83. The summed E-state index contributed by atoms with van der Waals surface area (Å²) in [6.07, 6.45) is 4.34. The largest absolute Gasteiger partial charge is 0.432 e. The van der Waals surface area contributed by atoms with Gasteiger partial charge in [-0.3, -0.25) is 0 Å². The lowest BCUT2D eigenvalue weighted by Crippen LogP contribution is -2.25. The molecule has 1 aromatic heterocycles. The minimum atomic E-state index is 0.449. The van der Waals surface area contributed by atoms with Gasteiger partial charge in [-0.15, -0.1) is 0 Å². The molecule has 4 heteroatoms. The molecule has 2 rings (SSSR count). The van der Waals surface area contributed by atoms with Gasteiger partial charge < -0.3 is 15.1 Å². The smallest absolute Gasteiger partial charge is 0.297 e. The number of hydrogen-bond acceptors (Lipinski definition) is 4. The third-order valence-corrected chi connectivity index (χ3v) is 2.58. The van der Waals surface area contributed by atoms with Crippen LogP contribution in [0.3, 0.4) is 0 Å². The topological polar surface area (TPSA) is 55.3 Å². The van der Waals surface area contributed by atoms with Crippen LogP contribution in [0.25, 0.3) is 0 Å². The Labute approximate surface area is 84.1 Å². The fourth-order valence-corrected chi connectivity index (χ4v) is 1.49. The third-order valence-electron chi connectivity index (χ3n) is 2.58. The van der Waals surface area contributed by atoms with Gasteiger partial charge in [-0.25, -0.2) is 0 Å². The van der Waals surface area contributed by atoms with Gasteiger partial charge in [-0.05, 0) is 25.7 Å². The lowest BCUT2D eigenvalue weighted by Gasteiger charge is -2.17. The van der Waals surface area contributed by atoms with Crippen molar-refractivity contribution in [1.82, 2.24) is 4.98 Å². The van der Waals surface area contributed by atoms with E-state index in [2.05, 4.69) is 16.8 Å². The third kappa shape index (κ3) is 2.07. The van der Waals surface area contributed by atoms with E-state index in [1.807, 2.05) is 0 Å². The van der Waals surface area contributed by atoms with Gasteiger partial charge in [0.1, 0.15) is 6.26 Å². The Hall–Kier alpha value is -1.03. The van der Waals surface area contributed by atoms with E-state index in [1.54, 1.807) is 6.26 Å². The Kier molecular flexibility index (Phi) is 2.72. The van der Waals surface area contributed by atoms with E-state index in [1.165, 1.54) is 12.8 Å². The fraction of sp³-hybridized carbons (Fsp3) is 0.700. The highest BCUT2D eigenvalue weighted by Crippen LogP contribution is 2.31. The van der Waals surface area contributed by atoms with Crippen LogP contribution in [0.1, 0.15) is 25.5 Å². The van der Waals surface area contributed by atoms with E-state index < -0.39 is 0 Å². The number of hydrogen-bond donors (Lipinski definition) is 1. The zero-order valence-electron chi connectivity index (χ0n) is 8.57. The monoisotopic (exact) mass is 195 g/mol. The quantitative estimate of drug-likeness (QED) is 0.771. The van der Waals surface area contributed by atoms with Gasteiger partial charge in [-0.1, -0.05) is 0 Å². The molecule has 4 nitrogen and oxygen atoms in total. The van der Waals surface area contributed by atoms with Crippen molar-refractivity contribution in [3.63, 3.8) is 0 Å². The first-order valence-electron chi connectivity index (χ1n) is 5.23. The molecule has 1 fully saturated rings. The minimum Gasteiger partial charge on any atom is -0.432 e. The van der Waals surface area contributed by atoms with Crippen molar-refractivity contribution in [3.05, 3.63) is 12.0 Å². The highest BCUT2D eigenvalue weighted by molar-refractivity contribution is 5.27. The molecule has 1 aromatic rings. The summed E-state index contributed by atoms with van der Waals surface area (Å²) in [5, 5.41) is 0. The van der Waals surface area contributed by atoms with Gasteiger partial charge in [0, 0.05) is 19.6 Å². The number of rotatable bonds is 5. The molecule has 0 unspecified atom stereocenters. The molecule has 0 saturated heterocycles. The molecular weight excluding hydrogens is 178 g/mol. The Balaban J connectivity index is 2.01. The van der Waals surface area contributed by atoms with E-state index in [9.17, 15) is 0 Å². The van der Waals surface area contributed by atoms with Gasteiger partial charge in [0.2, 0.25) is 0 Å². The van der Waals surface area contributed by atoms with E-state index in [0.29, 0.717) is 6.54 Å². The molecule has 0 atom stereocenters. The molecule has 14 heavy (non-hydrogen) atoms. The second-order valence-electron chi connectivity index (χ2n) is 3.81. The van der Waals surface area contributed by atoms with Crippen molar-refractivity contribution in [2.24, 2.45) is 11.7 Å². The van der Waals surface area contributed by atoms with Crippen molar-refractivity contribution in [2.45, 2.75) is 26.3 Å². The predicted octanol–water partition coefficient (Wildman–Crippen LogP) is 1.37. The molecule has 1 heterocycles. The van der Waals surface area contributed by atoms with E-state index >= 15 is 0 Å². The maximum absolute atomic E-state index is 5.48. The van der Waals surface area contributed by atoms with Crippen LogP contribution in [0.15, 0.2) is 10.7 Å². The van der Waals surface area contributed by atoms with Crippen LogP contribution in [0.5, 0.6) is 0 Å². The second kappa shape index (κ2) is 4.00. The normalized spacial score (nSPS) is 15.9. The van der Waals surface area contributed by atoms with Crippen molar-refractivity contribution >= 4 is 6.01 Å². The van der Waals surface area contributed by atoms with Gasteiger partial charge in [-0.2, -0.15) is 4.98 Å².